The van der Waals surface area contributed by atoms with Crippen LogP contribution in [-0.4, -0.2) is 19.5 Å². The molecular weight excluding hydrogens is 652 g/mol. The maximum atomic E-state index is 14.2. The number of aryl methyl sites for hydroxylation is 3. The van der Waals surface area contributed by atoms with Gasteiger partial charge in [-0.3, -0.25) is 0 Å². The van der Waals surface area contributed by atoms with E-state index in [2.05, 4.69) is 98.1 Å². The van der Waals surface area contributed by atoms with Crippen LogP contribution < -0.4 is 0 Å². The second-order valence-corrected chi connectivity index (χ2v) is 13.6. The number of para-hydroxylation sites is 1. The minimum atomic E-state index is -0.287. The molecule has 9 aromatic rings. The monoisotopic (exact) mass is 686 g/mol. The molecule has 0 bridgehead atoms. The van der Waals surface area contributed by atoms with Gasteiger partial charge in [0, 0.05) is 33.2 Å². The summed E-state index contributed by atoms with van der Waals surface area (Å²) in [6.07, 6.45) is 0. The van der Waals surface area contributed by atoms with Gasteiger partial charge in [0.25, 0.3) is 0 Å². The predicted molar refractivity (Wildman–Crippen MR) is 216 cm³/mol. The van der Waals surface area contributed by atoms with Crippen molar-refractivity contribution in [2.24, 2.45) is 0 Å². The van der Waals surface area contributed by atoms with Crippen molar-refractivity contribution in [3.8, 4) is 62.1 Å². The molecule has 0 aliphatic rings. The van der Waals surface area contributed by atoms with Crippen LogP contribution in [0.25, 0.3) is 83.9 Å². The molecule has 0 saturated carbocycles. The molecule has 0 atom stereocenters. The highest BCUT2D eigenvalue weighted by atomic mass is 19.1. The summed E-state index contributed by atoms with van der Waals surface area (Å²) in [5.41, 5.74) is 13.8. The van der Waals surface area contributed by atoms with E-state index in [0.29, 0.717) is 17.5 Å². The average molecular weight is 687 g/mol. The molecule has 0 saturated heterocycles. The van der Waals surface area contributed by atoms with Crippen molar-refractivity contribution < 1.29 is 4.39 Å². The first-order valence-corrected chi connectivity index (χ1v) is 17.8. The number of fused-ring (bicyclic) bond motifs is 3. The Balaban J connectivity index is 1.30. The second-order valence-electron chi connectivity index (χ2n) is 13.6. The third-order valence-corrected chi connectivity index (χ3v) is 10.00. The topological polar surface area (TPSA) is 43.6 Å². The lowest BCUT2D eigenvalue weighted by atomic mass is 9.93. The van der Waals surface area contributed by atoms with Gasteiger partial charge in [0.1, 0.15) is 5.82 Å². The van der Waals surface area contributed by atoms with Gasteiger partial charge in [-0.2, -0.15) is 0 Å². The molecule has 5 heteroatoms. The normalized spacial score (nSPS) is 11.4. The molecule has 9 rings (SSSR count). The van der Waals surface area contributed by atoms with Crippen molar-refractivity contribution in [3.63, 3.8) is 0 Å². The number of rotatable bonds is 6. The summed E-state index contributed by atoms with van der Waals surface area (Å²) in [4.78, 5) is 15.2. The van der Waals surface area contributed by atoms with Gasteiger partial charge >= 0.3 is 0 Å². The molecule has 53 heavy (non-hydrogen) atoms. The fourth-order valence-electron chi connectivity index (χ4n) is 7.71. The number of hydrogen-bond acceptors (Lipinski definition) is 3. The van der Waals surface area contributed by atoms with Crippen LogP contribution in [0.3, 0.4) is 0 Å². The Bertz CT molecular complexity index is 2720. The van der Waals surface area contributed by atoms with Gasteiger partial charge in [-0.1, -0.05) is 121 Å². The van der Waals surface area contributed by atoms with E-state index in [1.807, 2.05) is 72.8 Å². The van der Waals surface area contributed by atoms with Crippen molar-refractivity contribution in [2.45, 2.75) is 20.8 Å². The highest BCUT2D eigenvalue weighted by Crippen LogP contribution is 2.40. The summed E-state index contributed by atoms with van der Waals surface area (Å²) in [5, 5.41) is 2.35. The predicted octanol–water partition coefficient (Wildman–Crippen LogP) is 12.4. The van der Waals surface area contributed by atoms with Crippen LogP contribution in [0.2, 0.25) is 0 Å². The van der Waals surface area contributed by atoms with E-state index in [0.717, 1.165) is 44.5 Å². The van der Waals surface area contributed by atoms with Crippen molar-refractivity contribution in [2.75, 3.05) is 0 Å². The highest BCUT2D eigenvalue weighted by molar-refractivity contribution is 6.10. The molecule has 0 N–H and O–H groups in total. The molecular formula is C48H35FN4. The first-order valence-electron chi connectivity index (χ1n) is 17.8. The number of hydrogen-bond donors (Lipinski definition) is 0. The fraction of sp³-hybridized carbons (Fsp3) is 0.0625. The van der Waals surface area contributed by atoms with Crippen LogP contribution in [0.4, 0.5) is 4.39 Å². The average Bonchev–Trinajstić information content (AvgIpc) is 3.52. The number of halogens is 1. The second kappa shape index (κ2) is 13.1. The van der Waals surface area contributed by atoms with Crippen LogP contribution in [-0.2, 0) is 0 Å². The van der Waals surface area contributed by atoms with E-state index in [4.69, 9.17) is 15.0 Å². The zero-order valence-electron chi connectivity index (χ0n) is 29.7. The molecule has 2 heterocycles. The van der Waals surface area contributed by atoms with Crippen LogP contribution in [0.15, 0.2) is 158 Å². The highest BCUT2D eigenvalue weighted by Gasteiger charge is 2.20. The Labute approximate surface area is 307 Å². The zero-order chi connectivity index (χ0) is 36.1. The van der Waals surface area contributed by atoms with Gasteiger partial charge in [-0.15, -0.1) is 0 Å². The van der Waals surface area contributed by atoms with Gasteiger partial charge in [-0.05, 0) is 96.6 Å². The lowest BCUT2D eigenvalue weighted by Gasteiger charge is -2.16. The van der Waals surface area contributed by atoms with Crippen LogP contribution in [0.1, 0.15) is 16.7 Å². The summed E-state index contributed by atoms with van der Waals surface area (Å²) >= 11 is 0. The van der Waals surface area contributed by atoms with E-state index >= 15 is 0 Å². The maximum absolute atomic E-state index is 14.2. The van der Waals surface area contributed by atoms with Crippen LogP contribution >= 0.6 is 0 Å². The van der Waals surface area contributed by atoms with Gasteiger partial charge < -0.3 is 4.57 Å². The molecule has 4 nitrogen and oxygen atoms in total. The standard InChI is InChI=1S/C48H35FN4/c1-30-26-31(2)45(32(3)27-30)36-20-25-44-41(28-36)40-16-10-11-17-43(40)53(44)38-23-24-39(33-18-21-37(49)22-19-33)42(29-38)48-51-46(34-12-6-4-7-13-34)50-47(52-48)35-14-8-5-9-15-35/h4-29H,1-3H3. The van der Waals surface area contributed by atoms with Crippen molar-refractivity contribution >= 4 is 21.8 Å². The van der Waals surface area contributed by atoms with Gasteiger partial charge in [-0.25, -0.2) is 19.3 Å². The van der Waals surface area contributed by atoms with Crippen LogP contribution in [0.5, 0.6) is 0 Å². The van der Waals surface area contributed by atoms with E-state index in [1.54, 1.807) is 0 Å². The molecule has 0 fully saturated rings. The Kier molecular flexibility index (Phi) is 7.97. The van der Waals surface area contributed by atoms with Gasteiger partial charge in [0.15, 0.2) is 17.5 Å². The minimum absolute atomic E-state index is 0.287. The Morgan fingerprint density at radius 1 is 0.434 bits per heavy atom. The summed E-state index contributed by atoms with van der Waals surface area (Å²) < 4.78 is 16.5. The lowest BCUT2D eigenvalue weighted by molar-refractivity contribution is 0.628. The third kappa shape index (κ3) is 5.86. The van der Waals surface area contributed by atoms with Gasteiger partial charge in [0.2, 0.25) is 0 Å². The number of aromatic nitrogens is 4. The first-order chi connectivity index (χ1) is 25.9. The minimum Gasteiger partial charge on any atom is -0.309 e. The van der Waals surface area contributed by atoms with Crippen molar-refractivity contribution in [3.05, 3.63) is 180 Å². The first kappa shape index (κ1) is 32.2. The number of nitrogens with zero attached hydrogens (tertiary/aromatic N) is 4. The molecule has 0 amide bonds. The number of benzene rings is 7. The lowest BCUT2D eigenvalue weighted by Crippen LogP contribution is -2.02. The summed E-state index contributed by atoms with van der Waals surface area (Å²) in [6, 6.07) is 52.8. The summed E-state index contributed by atoms with van der Waals surface area (Å²) in [5.74, 6) is 1.41. The maximum Gasteiger partial charge on any atom is 0.164 e. The third-order valence-electron chi connectivity index (χ3n) is 10.00. The van der Waals surface area contributed by atoms with Crippen LogP contribution in [0, 0.1) is 26.6 Å². The summed E-state index contributed by atoms with van der Waals surface area (Å²) in [7, 11) is 0. The molecule has 2 aromatic heterocycles. The Morgan fingerprint density at radius 2 is 1.00 bits per heavy atom. The molecule has 0 radical (unpaired) electrons. The quantitative estimate of drug-likeness (QED) is 0.175. The van der Waals surface area contributed by atoms with Gasteiger partial charge in [0.05, 0.1) is 11.0 Å². The molecule has 254 valence electrons. The van der Waals surface area contributed by atoms with Crippen molar-refractivity contribution in [1.82, 2.24) is 19.5 Å². The molecule has 0 spiro atoms. The smallest absolute Gasteiger partial charge is 0.164 e. The summed E-state index contributed by atoms with van der Waals surface area (Å²) in [6.45, 7) is 6.54. The largest absolute Gasteiger partial charge is 0.309 e. The molecule has 7 aromatic carbocycles. The van der Waals surface area contributed by atoms with E-state index < -0.39 is 0 Å². The molecule has 0 aliphatic heterocycles. The Hall–Kier alpha value is -6.72. The zero-order valence-corrected chi connectivity index (χ0v) is 29.7. The Morgan fingerprint density at radius 3 is 1.66 bits per heavy atom. The van der Waals surface area contributed by atoms with E-state index in [1.165, 1.54) is 50.7 Å². The molecule has 0 unspecified atom stereocenters. The molecule has 0 aliphatic carbocycles. The van der Waals surface area contributed by atoms with E-state index in [9.17, 15) is 4.39 Å². The fourth-order valence-corrected chi connectivity index (χ4v) is 7.71. The SMILES string of the molecule is Cc1cc(C)c(-c2ccc3c(c2)c2ccccc2n3-c2ccc(-c3ccc(F)cc3)c(-c3nc(-c4ccccc4)nc(-c4ccccc4)n3)c2)c(C)c1. The van der Waals surface area contributed by atoms with E-state index in [-0.39, 0.29) is 5.82 Å². The van der Waals surface area contributed by atoms with Crippen molar-refractivity contribution in [1.29, 1.82) is 0 Å².